The summed E-state index contributed by atoms with van der Waals surface area (Å²) in [5, 5.41) is 13.9. The Morgan fingerprint density at radius 2 is 1.86 bits per heavy atom. The van der Waals surface area contributed by atoms with E-state index in [0.29, 0.717) is 11.4 Å². The summed E-state index contributed by atoms with van der Waals surface area (Å²) >= 11 is 0. The highest BCUT2D eigenvalue weighted by atomic mass is 19.1. The highest BCUT2D eigenvalue weighted by Crippen LogP contribution is 2.19. The average Bonchev–Trinajstić information content (AvgIpc) is 2.49. The maximum absolute atomic E-state index is 13.8. The van der Waals surface area contributed by atoms with E-state index in [-0.39, 0.29) is 17.0 Å². The van der Waals surface area contributed by atoms with Gasteiger partial charge in [0.1, 0.15) is 11.9 Å². The van der Waals surface area contributed by atoms with Gasteiger partial charge in [0.15, 0.2) is 0 Å². The number of nitriles is 1. The molecule has 22 heavy (non-hydrogen) atoms. The Morgan fingerprint density at radius 1 is 1.14 bits per heavy atom. The fourth-order valence-corrected chi connectivity index (χ4v) is 1.86. The maximum atomic E-state index is 13.8. The normalized spacial score (nSPS) is 9.68. The molecule has 2 aromatic carbocycles. The first-order chi connectivity index (χ1) is 10.5. The maximum Gasteiger partial charge on any atom is 0.258 e. The third-order valence-corrected chi connectivity index (χ3v) is 2.83. The zero-order valence-electron chi connectivity index (χ0n) is 11.7. The molecular weight excluding hydrogens is 285 g/mol. The Bertz CT molecular complexity index is 781. The summed E-state index contributed by atoms with van der Waals surface area (Å²) in [6.07, 6.45) is 0. The third kappa shape index (κ3) is 3.46. The molecule has 0 saturated heterocycles. The van der Waals surface area contributed by atoms with E-state index in [1.165, 1.54) is 19.1 Å². The molecule has 0 unspecified atom stereocenters. The molecule has 5 nitrogen and oxygen atoms in total. The number of para-hydroxylation sites is 1. The van der Waals surface area contributed by atoms with Crippen LogP contribution in [0.15, 0.2) is 42.5 Å². The van der Waals surface area contributed by atoms with E-state index in [1.54, 1.807) is 24.3 Å². The van der Waals surface area contributed by atoms with E-state index in [2.05, 4.69) is 10.6 Å². The van der Waals surface area contributed by atoms with Crippen LogP contribution < -0.4 is 10.6 Å². The summed E-state index contributed by atoms with van der Waals surface area (Å²) in [4.78, 5) is 23.2. The van der Waals surface area contributed by atoms with Crippen LogP contribution in [0.3, 0.4) is 0 Å². The quantitative estimate of drug-likeness (QED) is 0.913. The summed E-state index contributed by atoms with van der Waals surface area (Å²) < 4.78 is 13.8. The van der Waals surface area contributed by atoms with Gasteiger partial charge in [-0.05, 0) is 30.3 Å². The summed E-state index contributed by atoms with van der Waals surface area (Å²) in [6.45, 7) is 1.31. The van der Waals surface area contributed by atoms with Crippen molar-refractivity contribution in [3.05, 3.63) is 59.4 Å². The largest absolute Gasteiger partial charge is 0.326 e. The van der Waals surface area contributed by atoms with Gasteiger partial charge in [0.2, 0.25) is 5.91 Å². The van der Waals surface area contributed by atoms with Crippen LogP contribution >= 0.6 is 0 Å². The molecule has 0 spiro atoms. The molecule has 0 saturated carbocycles. The van der Waals surface area contributed by atoms with Crippen molar-refractivity contribution >= 4 is 23.2 Å². The van der Waals surface area contributed by atoms with Crippen LogP contribution in [0.25, 0.3) is 0 Å². The molecule has 0 atom stereocenters. The molecule has 0 aromatic heterocycles. The van der Waals surface area contributed by atoms with Crippen molar-refractivity contribution in [1.29, 1.82) is 5.26 Å². The lowest BCUT2D eigenvalue weighted by atomic mass is 10.1. The first-order valence-corrected chi connectivity index (χ1v) is 6.39. The first kappa shape index (κ1) is 15.2. The predicted molar refractivity (Wildman–Crippen MR) is 79.8 cm³/mol. The molecule has 2 aromatic rings. The number of rotatable bonds is 3. The minimum Gasteiger partial charge on any atom is -0.326 e. The Morgan fingerprint density at radius 3 is 2.55 bits per heavy atom. The van der Waals surface area contributed by atoms with Crippen LogP contribution in [-0.4, -0.2) is 11.8 Å². The lowest BCUT2D eigenvalue weighted by Gasteiger charge is -2.09. The summed E-state index contributed by atoms with van der Waals surface area (Å²) in [7, 11) is 0. The third-order valence-electron chi connectivity index (χ3n) is 2.83. The predicted octanol–water partition coefficient (Wildman–Crippen LogP) is 2.91. The molecule has 2 amide bonds. The van der Waals surface area contributed by atoms with Gasteiger partial charge in [-0.2, -0.15) is 5.26 Å². The topological polar surface area (TPSA) is 82.0 Å². The monoisotopic (exact) mass is 297 g/mol. The second-order valence-corrected chi connectivity index (χ2v) is 4.49. The van der Waals surface area contributed by atoms with Gasteiger partial charge >= 0.3 is 0 Å². The van der Waals surface area contributed by atoms with E-state index >= 15 is 0 Å². The second kappa shape index (κ2) is 6.50. The van der Waals surface area contributed by atoms with Crippen LogP contribution in [0.5, 0.6) is 0 Å². The number of carbonyl (C=O) groups is 2. The highest BCUT2D eigenvalue weighted by molar-refractivity contribution is 6.06. The van der Waals surface area contributed by atoms with Crippen LogP contribution in [0.1, 0.15) is 22.8 Å². The van der Waals surface area contributed by atoms with Crippen molar-refractivity contribution in [2.45, 2.75) is 6.92 Å². The van der Waals surface area contributed by atoms with E-state index in [1.807, 2.05) is 6.07 Å². The minimum absolute atomic E-state index is 0.223. The SMILES string of the molecule is CC(=O)Nc1ccc(F)c(C(=O)Nc2ccccc2C#N)c1. The number of anilines is 2. The zero-order valence-corrected chi connectivity index (χ0v) is 11.7. The van der Waals surface area contributed by atoms with Crippen molar-refractivity contribution < 1.29 is 14.0 Å². The van der Waals surface area contributed by atoms with Crippen molar-refractivity contribution in [3.63, 3.8) is 0 Å². The van der Waals surface area contributed by atoms with Crippen molar-refractivity contribution in [2.24, 2.45) is 0 Å². The number of hydrogen-bond acceptors (Lipinski definition) is 3. The molecule has 6 heteroatoms. The lowest BCUT2D eigenvalue weighted by molar-refractivity contribution is -0.114. The van der Waals surface area contributed by atoms with Crippen LogP contribution in [0, 0.1) is 17.1 Å². The number of amides is 2. The number of carbonyl (C=O) groups excluding carboxylic acids is 2. The molecule has 0 aliphatic carbocycles. The van der Waals surface area contributed by atoms with E-state index in [9.17, 15) is 14.0 Å². The van der Waals surface area contributed by atoms with Crippen LogP contribution in [0.2, 0.25) is 0 Å². The van der Waals surface area contributed by atoms with Crippen LogP contribution in [-0.2, 0) is 4.79 Å². The summed E-state index contributed by atoms with van der Waals surface area (Å²) in [5.74, 6) is -1.75. The Kier molecular flexibility index (Phi) is 4.49. The Balaban J connectivity index is 2.29. The van der Waals surface area contributed by atoms with Crippen molar-refractivity contribution in [2.75, 3.05) is 10.6 Å². The molecule has 0 aliphatic heterocycles. The highest BCUT2D eigenvalue weighted by Gasteiger charge is 2.14. The number of benzene rings is 2. The van der Waals surface area contributed by atoms with Gasteiger partial charge in [-0.3, -0.25) is 9.59 Å². The molecule has 2 rings (SSSR count). The molecule has 110 valence electrons. The summed E-state index contributed by atoms with van der Waals surface area (Å²) in [6, 6.07) is 12.0. The van der Waals surface area contributed by atoms with Gasteiger partial charge in [0.05, 0.1) is 16.8 Å². The molecule has 2 N–H and O–H groups in total. The summed E-state index contributed by atoms with van der Waals surface area (Å²) in [5.41, 5.74) is 0.653. The zero-order chi connectivity index (χ0) is 16.1. The van der Waals surface area contributed by atoms with Gasteiger partial charge in [-0.15, -0.1) is 0 Å². The van der Waals surface area contributed by atoms with Crippen LogP contribution in [0.4, 0.5) is 15.8 Å². The van der Waals surface area contributed by atoms with Crippen molar-refractivity contribution in [3.8, 4) is 6.07 Å². The lowest BCUT2D eigenvalue weighted by Crippen LogP contribution is -2.15. The van der Waals surface area contributed by atoms with Gasteiger partial charge in [0.25, 0.3) is 5.91 Å². The smallest absolute Gasteiger partial charge is 0.258 e. The number of nitrogens with zero attached hydrogens (tertiary/aromatic N) is 1. The Hall–Kier alpha value is -3.20. The van der Waals surface area contributed by atoms with Gasteiger partial charge < -0.3 is 10.6 Å². The van der Waals surface area contributed by atoms with Gasteiger partial charge in [0, 0.05) is 12.6 Å². The minimum atomic E-state index is -0.721. The fourth-order valence-electron chi connectivity index (χ4n) is 1.86. The number of hydrogen-bond donors (Lipinski definition) is 2. The molecule has 0 fully saturated rings. The fraction of sp³-hybridized carbons (Fsp3) is 0.0625. The average molecular weight is 297 g/mol. The second-order valence-electron chi connectivity index (χ2n) is 4.49. The molecule has 0 radical (unpaired) electrons. The first-order valence-electron chi connectivity index (χ1n) is 6.39. The van der Waals surface area contributed by atoms with Gasteiger partial charge in [-0.25, -0.2) is 4.39 Å². The van der Waals surface area contributed by atoms with Gasteiger partial charge in [-0.1, -0.05) is 12.1 Å². The number of nitrogens with one attached hydrogen (secondary N) is 2. The van der Waals surface area contributed by atoms with E-state index in [0.717, 1.165) is 6.07 Å². The Labute approximate surface area is 126 Å². The molecule has 0 aliphatic rings. The number of halogens is 1. The molecular formula is C16H12FN3O2. The van der Waals surface area contributed by atoms with E-state index in [4.69, 9.17) is 5.26 Å². The van der Waals surface area contributed by atoms with E-state index < -0.39 is 11.7 Å². The molecule has 0 bridgehead atoms. The standard InChI is InChI=1S/C16H12FN3O2/c1-10(21)19-12-6-7-14(17)13(8-12)16(22)20-15-5-3-2-4-11(15)9-18/h2-8H,1H3,(H,19,21)(H,20,22). The molecule has 0 heterocycles. The van der Waals surface area contributed by atoms with Crippen molar-refractivity contribution in [1.82, 2.24) is 0 Å².